The van der Waals surface area contributed by atoms with E-state index in [4.69, 9.17) is 0 Å². The molecule has 1 N–H and O–H groups in total. The second-order valence-electron chi connectivity index (χ2n) is 3.81. The molecule has 1 saturated carbocycles. The maximum Gasteiger partial charge on any atom is 0.230 e. The molecule has 1 aromatic rings. The first-order valence-electron chi connectivity index (χ1n) is 5.13. The molecule has 2 nitrogen and oxygen atoms in total. The zero-order valence-electron chi connectivity index (χ0n) is 8.42. The zero-order chi connectivity index (χ0) is 10.0. The van der Waals surface area contributed by atoms with Crippen molar-refractivity contribution in [2.45, 2.75) is 25.2 Å². The molecule has 0 heterocycles. The Balaban J connectivity index is 2.21. The number of carbonyl (C=O) groups excluding carboxylic acids is 1. The number of carbonyl (C=O) groups is 1. The van der Waals surface area contributed by atoms with Gasteiger partial charge in [0.2, 0.25) is 5.91 Å². The minimum Gasteiger partial charge on any atom is -0.356 e. The first-order chi connectivity index (χ1) is 6.79. The predicted molar refractivity (Wildman–Crippen MR) is 56.0 cm³/mol. The first kappa shape index (κ1) is 9.25. The molecule has 0 radical (unpaired) electrons. The lowest BCUT2D eigenvalue weighted by atomic mass is 9.95. The molecule has 0 unspecified atom stereocenters. The molecule has 0 saturated heterocycles. The summed E-state index contributed by atoms with van der Waals surface area (Å²) in [7, 11) is 0. The van der Waals surface area contributed by atoms with Gasteiger partial charge in [-0.25, -0.2) is 0 Å². The Morgan fingerprint density at radius 1 is 1.36 bits per heavy atom. The van der Waals surface area contributed by atoms with Gasteiger partial charge < -0.3 is 5.32 Å². The highest BCUT2D eigenvalue weighted by atomic mass is 16.2. The predicted octanol–water partition coefficient (Wildman–Crippen LogP) is 1.85. The van der Waals surface area contributed by atoms with Crippen molar-refractivity contribution in [3.63, 3.8) is 0 Å². The van der Waals surface area contributed by atoms with Crippen molar-refractivity contribution in [3.05, 3.63) is 35.9 Å². The van der Waals surface area contributed by atoms with Crippen LogP contribution in [0.3, 0.4) is 0 Å². The molecular weight excluding hydrogens is 174 g/mol. The third-order valence-corrected chi connectivity index (χ3v) is 2.85. The van der Waals surface area contributed by atoms with Crippen molar-refractivity contribution < 1.29 is 4.79 Å². The standard InChI is InChI=1S/C12H15NO/c1-2-13-11(14)12(8-9-12)10-6-4-3-5-7-10/h3-7H,2,8-9H2,1H3,(H,13,14). The first-order valence-corrected chi connectivity index (χ1v) is 5.13. The van der Waals surface area contributed by atoms with Crippen molar-refractivity contribution in [3.8, 4) is 0 Å². The fourth-order valence-electron chi connectivity index (χ4n) is 1.86. The fourth-order valence-corrected chi connectivity index (χ4v) is 1.86. The minimum atomic E-state index is -0.197. The van der Waals surface area contributed by atoms with Gasteiger partial charge in [0.25, 0.3) is 0 Å². The van der Waals surface area contributed by atoms with Crippen molar-refractivity contribution >= 4 is 5.91 Å². The summed E-state index contributed by atoms with van der Waals surface area (Å²) in [6.07, 6.45) is 1.98. The van der Waals surface area contributed by atoms with E-state index in [-0.39, 0.29) is 11.3 Å². The molecule has 0 atom stereocenters. The number of nitrogens with one attached hydrogen (secondary N) is 1. The van der Waals surface area contributed by atoms with E-state index in [1.807, 2.05) is 37.3 Å². The number of likely N-dealkylation sites (N-methyl/N-ethyl adjacent to an activating group) is 1. The molecule has 0 bridgehead atoms. The summed E-state index contributed by atoms with van der Waals surface area (Å²) in [5.74, 6) is 0.186. The lowest BCUT2D eigenvalue weighted by Gasteiger charge is -2.14. The Kier molecular flexibility index (Phi) is 2.28. The van der Waals surface area contributed by atoms with Crippen LogP contribution in [0, 0.1) is 0 Å². The van der Waals surface area contributed by atoms with Crippen LogP contribution >= 0.6 is 0 Å². The number of rotatable bonds is 3. The molecule has 1 aromatic carbocycles. The molecule has 1 aliphatic rings. The van der Waals surface area contributed by atoms with E-state index in [9.17, 15) is 4.79 Å². The molecule has 0 aromatic heterocycles. The van der Waals surface area contributed by atoms with Gasteiger partial charge in [0.05, 0.1) is 5.41 Å². The fraction of sp³-hybridized carbons (Fsp3) is 0.417. The molecule has 1 aliphatic carbocycles. The van der Waals surface area contributed by atoms with E-state index in [2.05, 4.69) is 5.32 Å². The van der Waals surface area contributed by atoms with Gasteiger partial charge >= 0.3 is 0 Å². The van der Waals surface area contributed by atoms with Crippen LogP contribution < -0.4 is 5.32 Å². The zero-order valence-corrected chi connectivity index (χ0v) is 8.42. The summed E-state index contributed by atoms with van der Waals surface area (Å²) in [5, 5.41) is 2.91. The van der Waals surface area contributed by atoms with Gasteiger partial charge in [-0.1, -0.05) is 30.3 Å². The van der Waals surface area contributed by atoms with Crippen molar-refractivity contribution in [2.24, 2.45) is 0 Å². The van der Waals surface area contributed by atoms with Crippen LogP contribution in [0.4, 0.5) is 0 Å². The Labute approximate surface area is 84.3 Å². The molecule has 0 spiro atoms. The summed E-state index contributed by atoms with van der Waals surface area (Å²) < 4.78 is 0. The largest absolute Gasteiger partial charge is 0.356 e. The van der Waals surface area contributed by atoms with E-state index in [1.54, 1.807) is 0 Å². The summed E-state index contributed by atoms with van der Waals surface area (Å²) >= 11 is 0. The summed E-state index contributed by atoms with van der Waals surface area (Å²) in [5.41, 5.74) is 0.961. The van der Waals surface area contributed by atoms with E-state index in [0.29, 0.717) is 6.54 Å². The van der Waals surface area contributed by atoms with Crippen LogP contribution in [0.2, 0.25) is 0 Å². The van der Waals surface area contributed by atoms with Gasteiger partial charge in [0.15, 0.2) is 0 Å². The molecule has 0 aliphatic heterocycles. The highest BCUT2D eigenvalue weighted by molar-refractivity contribution is 5.91. The van der Waals surface area contributed by atoms with Crippen molar-refractivity contribution in [1.29, 1.82) is 0 Å². The number of benzene rings is 1. The van der Waals surface area contributed by atoms with Gasteiger partial charge in [0.1, 0.15) is 0 Å². The van der Waals surface area contributed by atoms with Crippen LogP contribution in [0.15, 0.2) is 30.3 Å². The van der Waals surface area contributed by atoms with E-state index < -0.39 is 0 Å². The second-order valence-corrected chi connectivity index (χ2v) is 3.81. The minimum absolute atomic E-state index is 0.186. The maximum atomic E-state index is 11.8. The third kappa shape index (κ3) is 1.41. The van der Waals surface area contributed by atoms with Crippen LogP contribution in [0.1, 0.15) is 25.3 Å². The van der Waals surface area contributed by atoms with Gasteiger partial charge in [-0.05, 0) is 25.3 Å². The lowest BCUT2D eigenvalue weighted by molar-refractivity contribution is -0.123. The lowest BCUT2D eigenvalue weighted by Crippen LogP contribution is -2.34. The van der Waals surface area contributed by atoms with Crippen LogP contribution in [-0.4, -0.2) is 12.5 Å². The molecule has 2 heteroatoms. The van der Waals surface area contributed by atoms with Crippen molar-refractivity contribution in [2.75, 3.05) is 6.54 Å². The molecule has 74 valence electrons. The van der Waals surface area contributed by atoms with Crippen LogP contribution in [0.5, 0.6) is 0 Å². The van der Waals surface area contributed by atoms with Crippen molar-refractivity contribution in [1.82, 2.24) is 5.32 Å². The molecular formula is C12H15NO. The number of amides is 1. The van der Waals surface area contributed by atoms with E-state index >= 15 is 0 Å². The Hall–Kier alpha value is -1.31. The highest BCUT2D eigenvalue weighted by Gasteiger charge is 2.50. The highest BCUT2D eigenvalue weighted by Crippen LogP contribution is 2.48. The monoisotopic (exact) mass is 189 g/mol. The molecule has 1 amide bonds. The topological polar surface area (TPSA) is 29.1 Å². The van der Waals surface area contributed by atoms with Crippen LogP contribution in [0.25, 0.3) is 0 Å². The molecule has 14 heavy (non-hydrogen) atoms. The van der Waals surface area contributed by atoms with Gasteiger partial charge in [-0.3, -0.25) is 4.79 Å². The quantitative estimate of drug-likeness (QED) is 0.772. The smallest absolute Gasteiger partial charge is 0.230 e. The second kappa shape index (κ2) is 3.45. The maximum absolute atomic E-state index is 11.8. The third-order valence-electron chi connectivity index (χ3n) is 2.85. The van der Waals surface area contributed by atoms with Gasteiger partial charge in [0, 0.05) is 6.54 Å². The Bertz CT molecular complexity index is 327. The number of hydrogen-bond acceptors (Lipinski definition) is 1. The summed E-state index contributed by atoms with van der Waals surface area (Å²) in [6, 6.07) is 10.1. The SMILES string of the molecule is CCNC(=O)C1(c2ccccc2)CC1. The van der Waals surface area contributed by atoms with E-state index in [0.717, 1.165) is 18.4 Å². The number of hydrogen-bond donors (Lipinski definition) is 1. The molecule has 1 fully saturated rings. The molecule has 2 rings (SSSR count). The Morgan fingerprint density at radius 2 is 2.00 bits per heavy atom. The normalized spacial score (nSPS) is 17.5. The van der Waals surface area contributed by atoms with Crippen LogP contribution in [-0.2, 0) is 10.2 Å². The average Bonchev–Trinajstić information content (AvgIpc) is 3.00. The van der Waals surface area contributed by atoms with E-state index in [1.165, 1.54) is 0 Å². The van der Waals surface area contributed by atoms with Gasteiger partial charge in [-0.2, -0.15) is 0 Å². The Morgan fingerprint density at radius 3 is 2.50 bits per heavy atom. The van der Waals surface area contributed by atoms with Gasteiger partial charge in [-0.15, -0.1) is 0 Å². The summed E-state index contributed by atoms with van der Waals surface area (Å²) in [4.78, 5) is 11.8. The average molecular weight is 189 g/mol. The summed E-state index contributed by atoms with van der Waals surface area (Å²) in [6.45, 7) is 2.67.